The fraction of sp³-hybridized carbons (Fsp3) is 0.409. The maximum Gasteiger partial charge on any atom is 0.433 e. The van der Waals surface area contributed by atoms with Crippen LogP contribution < -0.4 is 15.1 Å². The summed E-state index contributed by atoms with van der Waals surface area (Å²) >= 11 is 0. The van der Waals surface area contributed by atoms with Gasteiger partial charge in [0.2, 0.25) is 12.0 Å². The Morgan fingerprint density at radius 1 is 1.08 bits per heavy atom. The summed E-state index contributed by atoms with van der Waals surface area (Å²) in [5.74, 6) is -0.902. The molecule has 2 aliphatic heterocycles. The quantitative estimate of drug-likeness (QED) is 0.510. The average molecular weight is 526 g/mol. The van der Waals surface area contributed by atoms with Crippen molar-refractivity contribution < 1.29 is 31.1 Å². The second-order valence-electron chi connectivity index (χ2n) is 8.76. The molecule has 3 aromatic heterocycles. The normalized spacial score (nSPS) is 17.7. The number of likely N-dealkylation sites (N-methyl/N-ethyl adjacent to an activating group) is 1. The van der Waals surface area contributed by atoms with Gasteiger partial charge in [0.25, 0.3) is 5.91 Å². The van der Waals surface area contributed by atoms with Gasteiger partial charge >= 0.3 is 12.4 Å². The molecule has 0 fully saturated rings. The number of hydrogen-bond donors (Lipinski definition) is 1. The van der Waals surface area contributed by atoms with Gasteiger partial charge in [-0.1, -0.05) is 6.07 Å². The van der Waals surface area contributed by atoms with Gasteiger partial charge in [-0.3, -0.25) is 14.5 Å². The van der Waals surface area contributed by atoms with Crippen LogP contribution >= 0.6 is 0 Å². The second kappa shape index (κ2) is 8.88. The summed E-state index contributed by atoms with van der Waals surface area (Å²) in [5, 5.41) is 7.17. The molecule has 0 aromatic carbocycles. The lowest BCUT2D eigenvalue weighted by atomic mass is 10.0. The Morgan fingerprint density at radius 2 is 1.86 bits per heavy atom. The molecule has 37 heavy (non-hydrogen) atoms. The SMILES string of the molecule is CN1c2nc(NCc3cnn(Cc4ccc(C(F)(F)F)nc4)c3)nc3c2N(CCC3)C(=O)[C@@H]1C(F)(F)F. The molecule has 0 aliphatic carbocycles. The summed E-state index contributed by atoms with van der Waals surface area (Å²) < 4.78 is 80.5. The number of carbonyl (C=O) groups is 1. The molecule has 9 nitrogen and oxygen atoms in total. The molecule has 2 aliphatic rings. The van der Waals surface area contributed by atoms with E-state index >= 15 is 0 Å². The smallest absolute Gasteiger partial charge is 0.350 e. The predicted octanol–water partition coefficient (Wildman–Crippen LogP) is 3.41. The first kappa shape index (κ1) is 24.8. The van der Waals surface area contributed by atoms with Crippen LogP contribution in [0.4, 0.5) is 43.8 Å². The molecule has 15 heteroatoms. The highest BCUT2D eigenvalue weighted by Gasteiger charge is 2.54. The number of amides is 1. The van der Waals surface area contributed by atoms with Gasteiger partial charge in [-0.15, -0.1) is 0 Å². The van der Waals surface area contributed by atoms with Crippen LogP contribution in [0.3, 0.4) is 0 Å². The number of hydrogen-bond acceptors (Lipinski definition) is 7. The number of aromatic nitrogens is 5. The molecule has 0 bridgehead atoms. The highest BCUT2D eigenvalue weighted by Crippen LogP contribution is 2.43. The van der Waals surface area contributed by atoms with Gasteiger partial charge in [0.1, 0.15) is 11.4 Å². The molecule has 0 spiro atoms. The zero-order valence-corrected chi connectivity index (χ0v) is 19.3. The lowest BCUT2D eigenvalue weighted by molar-refractivity contribution is -0.162. The first-order chi connectivity index (χ1) is 17.4. The maximum atomic E-state index is 13.7. The van der Waals surface area contributed by atoms with Crippen LogP contribution in [0, 0.1) is 0 Å². The number of halogens is 6. The van der Waals surface area contributed by atoms with E-state index in [1.54, 1.807) is 12.4 Å². The highest BCUT2D eigenvalue weighted by molar-refractivity contribution is 6.06. The predicted molar refractivity (Wildman–Crippen MR) is 119 cm³/mol. The minimum atomic E-state index is -4.77. The van der Waals surface area contributed by atoms with E-state index in [1.807, 2.05) is 0 Å². The van der Waals surface area contributed by atoms with Crippen molar-refractivity contribution in [2.75, 3.05) is 28.7 Å². The Balaban J connectivity index is 1.31. The summed E-state index contributed by atoms with van der Waals surface area (Å²) in [7, 11) is 1.19. The van der Waals surface area contributed by atoms with Gasteiger partial charge in [-0.25, -0.2) is 4.98 Å². The lowest BCUT2D eigenvalue weighted by Gasteiger charge is -2.43. The molecule has 5 rings (SSSR count). The van der Waals surface area contributed by atoms with Crippen molar-refractivity contribution in [2.24, 2.45) is 0 Å². The van der Waals surface area contributed by atoms with Crippen molar-refractivity contribution in [3.63, 3.8) is 0 Å². The van der Waals surface area contributed by atoms with E-state index < -0.39 is 30.0 Å². The number of nitrogens with one attached hydrogen (secondary N) is 1. The number of pyridine rings is 1. The largest absolute Gasteiger partial charge is 0.433 e. The van der Waals surface area contributed by atoms with Gasteiger partial charge < -0.3 is 15.1 Å². The number of nitrogens with zero attached hydrogens (tertiary/aromatic N) is 7. The Kier molecular flexibility index (Phi) is 5.95. The van der Waals surface area contributed by atoms with Crippen LogP contribution in [0.2, 0.25) is 0 Å². The van der Waals surface area contributed by atoms with E-state index in [-0.39, 0.29) is 31.4 Å². The van der Waals surface area contributed by atoms with Crippen molar-refractivity contribution in [3.05, 3.63) is 53.2 Å². The first-order valence-electron chi connectivity index (χ1n) is 11.2. The van der Waals surface area contributed by atoms with Gasteiger partial charge in [0.15, 0.2) is 5.82 Å². The summed E-state index contributed by atoms with van der Waals surface area (Å²) in [6.07, 6.45) is -3.97. The van der Waals surface area contributed by atoms with Gasteiger partial charge in [0, 0.05) is 38.1 Å². The van der Waals surface area contributed by atoms with Crippen molar-refractivity contribution in [2.45, 2.75) is 44.3 Å². The van der Waals surface area contributed by atoms with Crippen LogP contribution in [-0.4, -0.2) is 56.5 Å². The number of anilines is 3. The third kappa shape index (κ3) is 4.76. The zero-order chi connectivity index (χ0) is 26.5. The molecule has 1 amide bonds. The van der Waals surface area contributed by atoms with Gasteiger partial charge in [-0.05, 0) is 24.5 Å². The van der Waals surface area contributed by atoms with Crippen LogP contribution in [-0.2, 0) is 30.5 Å². The van der Waals surface area contributed by atoms with Crippen molar-refractivity contribution in [1.29, 1.82) is 0 Å². The molecule has 0 saturated carbocycles. The van der Waals surface area contributed by atoms with E-state index in [1.165, 1.54) is 17.8 Å². The minimum Gasteiger partial charge on any atom is -0.350 e. The van der Waals surface area contributed by atoms with E-state index in [0.29, 0.717) is 35.3 Å². The van der Waals surface area contributed by atoms with Gasteiger partial charge in [-0.2, -0.15) is 36.4 Å². The maximum absolute atomic E-state index is 13.7. The molecular formula is C22H20F6N8O. The number of aryl methyl sites for hydroxylation is 1. The summed E-state index contributed by atoms with van der Waals surface area (Å²) in [4.78, 5) is 26.7. The summed E-state index contributed by atoms with van der Waals surface area (Å²) in [5.41, 5.74) is 1.03. The monoisotopic (exact) mass is 526 g/mol. The Bertz CT molecular complexity index is 1320. The Morgan fingerprint density at radius 3 is 2.54 bits per heavy atom. The summed E-state index contributed by atoms with van der Waals surface area (Å²) in [6, 6.07) is -0.108. The molecule has 0 saturated heterocycles. The third-order valence-corrected chi connectivity index (χ3v) is 6.13. The topological polar surface area (TPSA) is 92.1 Å². The zero-order valence-electron chi connectivity index (χ0n) is 19.3. The highest BCUT2D eigenvalue weighted by atomic mass is 19.4. The fourth-order valence-electron chi connectivity index (χ4n) is 4.43. The molecular weight excluding hydrogens is 506 g/mol. The standard InChI is InChI=1S/C22H20F6N8O/c1-34-17(22(26,27)28)19(37)36-6-2-3-14-16(36)18(34)33-20(32-14)30-8-13-9-31-35(11-13)10-12-4-5-15(29-7-12)21(23,24)25/h4-5,7,9,11,17H,2-3,6,8,10H2,1H3,(H,30,32,33)/t17-/m1/s1. The van der Waals surface area contributed by atoms with E-state index in [9.17, 15) is 31.1 Å². The van der Waals surface area contributed by atoms with Crippen LogP contribution in [0.15, 0.2) is 30.7 Å². The van der Waals surface area contributed by atoms with Crippen molar-refractivity contribution in [1.82, 2.24) is 24.7 Å². The summed E-state index contributed by atoms with van der Waals surface area (Å²) in [6.45, 7) is 0.555. The van der Waals surface area contributed by atoms with Crippen LogP contribution in [0.1, 0.15) is 28.9 Å². The number of carbonyl (C=O) groups excluding carboxylic acids is 1. The van der Waals surface area contributed by atoms with Crippen molar-refractivity contribution >= 4 is 23.4 Å². The molecule has 1 atom stereocenters. The van der Waals surface area contributed by atoms with Gasteiger partial charge in [0.05, 0.1) is 18.4 Å². The molecule has 3 aromatic rings. The Hall–Kier alpha value is -3.91. The minimum absolute atomic E-state index is 0.0274. The number of rotatable bonds is 5. The molecule has 5 heterocycles. The lowest BCUT2D eigenvalue weighted by Crippen LogP contribution is -2.60. The third-order valence-electron chi connectivity index (χ3n) is 6.13. The second-order valence-corrected chi connectivity index (χ2v) is 8.76. The fourth-order valence-corrected chi connectivity index (χ4v) is 4.43. The molecule has 0 unspecified atom stereocenters. The molecule has 1 N–H and O–H groups in total. The van der Waals surface area contributed by atoms with Crippen LogP contribution in [0.25, 0.3) is 0 Å². The molecule has 0 radical (unpaired) electrons. The molecule has 196 valence electrons. The van der Waals surface area contributed by atoms with Crippen molar-refractivity contribution in [3.8, 4) is 0 Å². The van der Waals surface area contributed by atoms with E-state index in [2.05, 4.69) is 25.4 Å². The number of alkyl halides is 6. The Labute approximate surface area is 206 Å². The van der Waals surface area contributed by atoms with E-state index in [4.69, 9.17) is 0 Å². The van der Waals surface area contributed by atoms with E-state index in [0.717, 1.165) is 22.1 Å². The first-order valence-corrected chi connectivity index (χ1v) is 11.2. The van der Waals surface area contributed by atoms with Crippen LogP contribution in [0.5, 0.6) is 0 Å². The average Bonchev–Trinajstić information content (AvgIpc) is 3.27.